The molecule has 1 aliphatic rings. The van der Waals surface area contributed by atoms with E-state index < -0.39 is 10.0 Å². The molecule has 2 aromatic carbocycles. The topological polar surface area (TPSA) is 64.6 Å². The largest absolute Gasteiger partial charge is 0.490 e. The van der Waals surface area contributed by atoms with Gasteiger partial charge in [-0.3, -0.25) is 0 Å². The van der Waals surface area contributed by atoms with Gasteiger partial charge in [-0.1, -0.05) is 37.5 Å². The summed E-state index contributed by atoms with van der Waals surface area (Å²) in [6.45, 7) is 5.30. The van der Waals surface area contributed by atoms with Crippen LogP contribution in [-0.2, 0) is 16.4 Å². The molecule has 0 saturated heterocycles. The Labute approximate surface area is 180 Å². The molecule has 1 aliphatic carbocycles. The molecule has 1 fully saturated rings. The first-order valence-electron chi connectivity index (χ1n) is 11.0. The third kappa shape index (κ3) is 5.99. The van der Waals surface area contributed by atoms with E-state index in [0.717, 1.165) is 5.56 Å². The van der Waals surface area contributed by atoms with Crippen LogP contribution in [0.4, 0.5) is 0 Å². The maximum absolute atomic E-state index is 12.7. The second-order valence-corrected chi connectivity index (χ2v) is 9.47. The first kappa shape index (κ1) is 22.6. The highest BCUT2D eigenvalue weighted by Crippen LogP contribution is 2.33. The Morgan fingerprint density at radius 3 is 2.23 bits per heavy atom. The molecule has 0 radical (unpaired) electrons. The molecule has 3 rings (SSSR count). The van der Waals surface area contributed by atoms with Crippen molar-refractivity contribution in [3.8, 4) is 11.5 Å². The zero-order valence-electron chi connectivity index (χ0n) is 18.0. The molecule has 1 N–H and O–H groups in total. The van der Waals surface area contributed by atoms with E-state index in [4.69, 9.17) is 9.47 Å². The lowest BCUT2D eigenvalue weighted by Crippen LogP contribution is -2.26. The minimum atomic E-state index is -3.52. The first-order chi connectivity index (χ1) is 14.5. The molecular formula is C24H33NO4S. The highest BCUT2D eigenvalue weighted by molar-refractivity contribution is 7.89. The van der Waals surface area contributed by atoms with E-state index >= 15 is 0 Å². The van der Waals surface area contributed by atoms with Gasteiger partial charge in [0.25, 0.3) is 0 Å². The number of rotatable bonds is 10. The molecule has 6 heteroatoms. The fourth-order valence-corrected chi connectivity index (χ4v) is 5.05. The summed E-state index contributed by atoms with van der Waals surface area (Å²) in [5, 5.41) is 0. The number of ether oxygens (including phenoxy) is 2. The Morgan fingerprint density at radius 1 is 0.900 bits per heavy atom. The van der Waals surface area contributed by atoms with E-state index in [1.54, 1.807) is 12.1 Å². The lowest BCUT2D eigenvalue weighted by atomic mass is 9.84. The summed E-state index contributed by atoms with van der Waals surface area (Å²) < 4.78 is 39.3. The smallest absolute Gasteiger partial charge is 0.240 e. The molecule has 164 valence electrons. The standard InChI is InChI=1S/C24H33NO4S/c1-3-28-23-15-10-19(18-24(23)29-4-2)16-17-25-30(26,27)22-13-11-21(12-14-22)20-8-6-5-7-9-20/h10-15,18,20,25H,3-9,16-17H2,1-2H3. The van der Waals surface area contributed by atoms with Crippen molar-refractivity contribution in [1.29, 1.82) is 0 Å². The first-order valence-corrected chi connectivity index (χ1v) is 12.5. The number of hydrogen-bond donors (Lipinski definition) is 1. The van der Waals surface area contributed by atoms with E-state index in [1.165, 1.54) is 37.7 Å². The van der Waals surface area contributed by atoms with Crippen molar-refractivity contribution in [3.05, 3.63) is 53.6 Å². The monoisotopic (exact) mass is 431 g/mol. The predicted octanol–water partition coefficient (Wildman–Crippen LogP) is 5.05. The van der Waals surface area contributed by atoms with E-state index in [1.807, 2.05) is 44.2 Å². The molecule has 0 atom stereocenters. The quantitative estimate of drug-likeness (QED) is 0.572. The highest BCUT2D eigenvalue weighted by atomic mass is 32.2. The van der Waals surface area contributed by atoms with Crippen molar-refractivity contribution in [1.82, 2.24) is 4.72 Å². The molecule has 1 saturated carbocycles. The van der Waals surface area contributed by atoms with Gasteiger partial charge in [0.1, 0.15) is 0 Å². The summed E-state index contributed by atoms with van der Waals surface area (Å²) in [4.78, 5) is 0.323. The molecule has 0 heterocycles. The Morgan fingerprint density at radius 2 is 1.57 bits per heavy atom. The second kappa shape index (κ2) is 10.8. The Hall–Kier alpha value is -2.05. The SMILES string of the molecule is CCOc1ccc(CCNS(=O)(=O)c2ccc(C3CCCCC3)cc2)cc1OCC. The predicted molar refractivity (Wildman–Crippen MR) is 120 cm³/mol. The molecule has 0 unspecified atom stereocenters. The van der Waals surface area contributed by atoms with Crippen LogP contribution in [0.5, 0.6) is 11.5 Å². The zero-order valence-corrected chi connectivity index (χ0v) is 18.8. The van der Waals surface area contributed by atoms with Crippen LogP contribution in [0.1, 0.15) is 63.0 Å². The number of hydrogen-bond acceptors (Lipinski definition) is 4. The van der Waals surface area contributed by atoms with Gasteiger partial charge in [0.15, 0.2) is 11.5 Å². The van der Waals surface area contributed by atoms with Gasteiger partial charge in [-0.2, -0.15) is 0 Å². The minimum Gasteiger partial charge on any atom is -0.490 e. The number of sulfonamides is 1. The van der Waals surface area contributed by atoms with Gasteiger partial charge in [-0.05, 0) is 74.4 Å². The number of nitrogens with one attached hydrogen (secondary N) is 1. The van der Waals surface area contributed by atoms with Gasteiger partial charge in [-0.15, -0.1) is 0 Å². The average molecular weight is 432 g/mol. The average Bonchev–Trinajstić information content (AvgIpc) is 2.76. The van der Waals surface area contributed by atoms with Crippen molar-refractivity contribution < 1.29 is 17.9 Å². The lowest BCUT2D eigenvalue weighted by molar-refractivity contribution is 0.287. The summed E-state index contributed by atoms with van der Waals surface area (Å²) in [5.41, 5.74) is 2.25. The van der Waals surface area contributed by atoms with Gasteiger partial charge in [0.05, 0.1) is 18.1 Å². The van der Waals surface area contributed by atoms with Crippen molar-refractivity contribution in [2.24, 2.45) is 0 Å². The Bertz CT molecular complexity index is 903. The molecular weight excluding hydrogens is 398 g/mol. The number of benzene rings is 2. The molecule has 2 aromatic rings. The van der Waals surface area contributed by atoms with E-state index in [-0.39, 0.29) is 0 Å². The molecule has 0 bridgehead atoms. The summed E-state index contributed by atoms with van der Waals surface area (Å²) >= 11 is 0. The fraction of sp³-hybridized carbons (Fsp3) is 0.500. The Balaban J connectivity index is 1.59. The highest BCUT2D eigenvalue weighted by Gasteiger charge is 2.18. The van der Waals surface area contributed by atoms with E-state index in [9.17, 15) is 8.42 Å². The van der Waals surface area contributed by atoms with Gasteiger partial charge in [-0.25, -0.2) is 13.1 Å². The summed E-state index contributed by atoms with van der Waals surface area (Å²) in [7, 11) is -3.52. The summed E-state index contributed by atoms with van der Waals surface area (Å²) in [6.07, 6.45) is 6.83. The van der Waals surface area contributed by atoms with Crippen LogP contribution in [0.25, 0.3) is 0 Å². The second-order valence-electron chi connectivity index (χ2n) is 7.70. The third-order valence-electron chi connectivity index (χ3n) is 5.58. The molecule has 0 spiro atoms. The van der Waals surface area contributed by atoms with Crippen LogP contribution in [0.15, 0.2) is 47.4 Å². The van der Waals surface area contributed by atoms with Crippen LogP contribution in [0.2, 0.25) is 0 Å². The lowest BCUT2D eigenvalue weighted by Gasteiger charge is -2.22. The molecule has 30 heavy (non-hydrogen) atoms. The molecule has 0 aliphatic heterocycles. The van der Waals surface area contributed by atoms with Gasteiger partial charge in [0, 0.05) is 6.54 Å². The van der Waals surface area contributed by atoms with Gasteiger partial charge >= 0.3 is 0 Å². The van der Waals surface area contributed by atoms with Gasteiger partial charge in [0.2, 0.25) is 10.0 Å². The van der Waals surface area contributed by atoms with E-state index in [2.05, 4.69) is 4.72 Å². The van der Waals surface area contributed by atoms with Gasteiger partial charge < -0.3 is 9.47 Å². The van der Waals surface area contributed by atoms with Crippen LogP contribution in [0.3, 0.4) is 0 Å². The van der Waals surface area contributed by atoms with Crippen molar-refractivity contribution in [3.63, 3.8) is 0 Å². The normalized spacial score (nSPS) is 15.1. The summed E-state index contributed by atoms with van der Waals surface area (Å²) in [5.74, 6) is 1.97. The Kier molecular flexibility index (Phi) is 8.16. The van der Waals surface area contributed by atoms with Crippen LogP contribution < -0.4 is 14.2 Å². The van der Waals surface area contributed by atoms with Crippen molar-refractivity contribution in [2.45, 2.75) is 63.2 Å². The third-order valence-corrected chi connectivity index (χ3v) is 7.06. The summed E-state index contributed by atoms with van der Waals surface area (Å²) in [6, 6.07) is 13.2. The van der Waals surface area contributed by atoms with Crippen LogP contribution in [-0.4, -0.2) is 28.2 Å². The maximum Gasteiger partial charge on any atom is 0.240 e. The van der Waals surface area contributed by atoms with E-state index in [0.29, 0.717) is 48.5 Å². The fourth-order valence-electron chi connectivity index (χ4n) is 4.02. The zero-order chi connectivity index (χ0) is 21.4. The van der Waals surface area contributed by atoms with Crippen LogP contribution in [0, 0.1) is 0 Å². The van der Waals surface area contributed by atoms with Crippen molar-refractivity contribution >= 4 is 10.0 Å². The molecule has 5 nitrogen and oxygen atoms in total. The van der Waals surface area contributed by atoms with Crippen LogP contribution >= 0.6 is 0 Å². The van der Waals surface area contributed by atoms with Crippen molar-refractivity contribution in [2.75, 3.05) is 19.8 Å². The minimum absolute atomic E-state index is 0.323. The molecule has 0 amide bonds. The maximum atomic E-state index is 12.7. The molecule has 0 aromatic heterocycles.